The van der Waals surface area contributed by atoms with Crippen LogP contribution in [0, 0.1) is 17.6 Å². The maximum Gasteiger partial charge on any atom is 0.328 e. The quantitative estimate of drug-likeness (QED) is 0.822. The van der Waals surface area contributed by atoms with Gasteiger partial charge in [-0.1, -0.05) is 0 Å². The molecule has 0 unspecified atom stereocenters. The van der Waals surface area contributed by atoms with E-state index in [1.54, 1.807) is 0 Å². The Morgan fingerprint density at radius 1 is 1.39 bits per heavy atom. The summed E-state index contributed by atoms with van der Waals surface area (Å²) in [4.78, 5) is 10.3. The molecule has 18 heavy (non-hydrogen) atoms. The van der Waals surface area contributed by atoms with Crippen LogP contribution in [0.15, 0.2) is 18.2 Å². The van der Waals surface area contributed by atoms with Crippen LogP contribution < -0.4 is 4.74 Å². The van der Waals surface area contributed by atoms with Gasteiger partial charge in [-0.15, -0.1) is 0 Å². The molecule has 1 aromatic rings. The van der Waals surface area contributed by atoms with Gasteiger partial charge in [0.05, 0.1) is 6.61 Å². The van der Waals surface area contributed by atoms with Crippen LogP contribution in [0.1, 0.15) is 18.4 Å². The van der Waals surface area contributed by atoms with Gasteiger partial charge in [-0.3, -0.25) is 0 Å². The summed E-state index contributed by atoms with van der Waals surface area (Å²) in [6, 6.07) is 2.09. The lowest BCUT2D eigenvalue weighted by Crippen LogP contribution is -2.03. The molecule has 3 nitrogen and oxygen atoms in total. The van der Waals surface area contributed by atoms with Gasteiger partial charge in [0.1, 0.15) is 0 Å². The van der Waals surface area contributed by atoms with E-state index >= 15 is 0 Å². The highest BCUT2D eigenvalue weighted by Crippen LogP contribution is 2.31. The van der Waals surface area contributed by atoms with E-state index in [4.69, 9.17) is 9.84 Å². The standard InChI is InChI=1S/C13H12F2O3/c14-10-5-9(3-4-12(16)17)6-11(15)13(10)18-7-8-1-2-8/h3-6,8H,1-2,7H2,(H,16,17). The molecule has 0 saturated heterocycles. The third kappa shape index (κ3) is 3.29. The van der Waals surface area contributed by atoms with Crippen molar-refractivity contribution < 1.29 is 23.4 Å². The first-order valence-corrected chi connectivity index (χ1v) is 5.59. The molecule has 0 atom stereocenters. The first-order chi connectivity index (χ1) is 8.56. The molecule has 96 valence electrons. The fourth-order valence-electron chi connectivity index (χ4n) is 1.47. The number of hydrogen-bond acceptors (Lipinski definition) is 2. The first kappa shape index (κ1) is 12.5. The average Bonchev–Trinajstić information content (AvgIpc) is 3.09. The van der Waals surface area contributed by atoms with Gasteiger partial charge in [0.15, 0.2) is 17.4 Å². The van der Waals surface area contributed by atoms with Gasteiger partial charge in [-0.2, -0.15) is 0 Å². The summed E-state index contributed by atoms with van der Waals surface area (Å²) in [5, 5.41) is 8.42. The average molecular weight is 254 g/mol. The van der Waals surface area contributed by atoms with Crippen LogP contribution in [0.25, 0.3) is 6.08 Å². The van der Waals surface area contributed by atoms with Crippen molar-refractivity contribution in [3.8, 4) is 5.75 Å². The Morgan fingerprint density at radius 2 is 2.00 bits per heavy atom. The summed E-state index contributed by atoms with van der Waals surface area (Å²) in [5.74, 6) is -2.81. The summed E-state index contributed by atoms with van der Waals surface area (Å²) >= 11 is 0. The van der Waals surface area contributed by atoms with E-state index in [0.717, 1.165) is 37.1 Å². The minimum absolute atomic E-state index is 0.145. The van der Waals surface area contributed by atoms with Crippen LogP contribution in [-0.4, -0.2) is 17.7 Å². The van der Waals surface area contributed by atoms with Crippen molar-refractivity contribution in [1.29, 1.82) is 0 Å². The zero-order valence-corrected chi connectivity index (χ0v) is 9.53. The van der Waals surface area contributed by atoms with Gasteiger partial charge in [0.25, 0.3) is 0 Å². The normalized spacial score (nSPS) is 15.0. The van der Waals surface area contributed by atoms with Gasteiger partial charge in [0.2, 0.25) is 0 Å². The Hall–Kier alpha value is -1.91. The zero-order chi connectivity index (χ0) is 13.1. The number of aliphatic carboxylic acids is 1. The summed E-state index contributed by atoms with van der Waals surface area (Å²) in [6.45, 7) is 0.318. The molecular weight excluding hydrogens is 242 g/mol. The number of carboxylic acid groups (broad SMARTS) is 1. The van der Waals surface area contributed by atoms with Gasteiger partial charge in [0, 0.05) is 6.08 Å². The molecule has 1 fully saturated rings. The molecule has 0 spiro atoms. The largest absolute Gasteiger partial charge is 0.487 e. The molecule has 1 saturated carbocycles. The lowest BCUT2D eigenvalue weighted by atomic mass is 10.2. The fraction of sp³-hybridized carbons (Fsp3) is 0.308. The van der Waals surface area contributed by atoms with E-state index in [9.17, 15) is 13.6 Å². The van der Waals surface area contributed by atoms with Crippen LogP contribution >= 0.6 is 0 Å². The van der Waals surface area contributed by atoms with Crippen molar-refractivity contribution >= 4 is 12.0 Å². The van der Waals surface area contributed by atoms with Crippen LogP contribution in [-0.2, 0) is 4.79 Å². The molecule has 1 aliphatic rings. The number of halogens is 2. The maximum absolute atomic E-state index is 13.6. The summed E-state index contributed by atoms with van der Waals surface area (Å²) in [6.07, 6.45) is 4.00. The SMILES string of the molecule is O=C(O)C=Cc1cc(F)c(OCC2CC2)c(F)c1. The second-order valence-electron chi connectivity index (χ2n) is 4.24. The number of hydrogen-bond donors (Lipinski definition) is 1. The molecule has 0 aliphatic heterocycles. The first-order valence-electron chi connectivity index (χ1n) is 5.59. The van der Waals surface area contributed by atoms with E-state index in [-0.39, 0.29) is 5.56 Å². The minimum atomic E-state index is -1.18. The highest BCUT2D eigenvalue weighted by Gasteiger charge is 2.23. The molecule has 0 aromatic heterocycles. The van der Waals surface area contributed by atoms with E-state index in [2.05, 4.69) is 0 Å². The highest BCUT2D eigenvalue weighted by molar-refractivity contribution is 5.85. The predicted molar refractivity (Wildman–Crippen MR) is 61.2 cm³/mol. The topological polar surface area (TPSA) is 46.5 Å². The van der Waals surface area contributed by atoms with Crippen molar-refractivity contribution in [2.24, 2.45) is 5.92 Å². The summed E-state index contributed by atoms with van der Waals surface area (Å²) in [5.41, 5.74) is 0.145. The van der Waals surface area contributed by atoms with E-state index < -0.39 is 23.4 Å². The smallest absolute Gasteiger partial charge is 0.328 e. The number of carbonyl (C=O) groups is 1. The third-order valence-electron chi connectivity index (χ3n) is 2.60. The number of benzene rings is 1. The summed E-state index contributed by atoms with van der Waals surface area (Å²) in [7, 11) is 0. The van der Waals surface area contributed by atoms with Crippen molar-refractivity contribution in [3.63, 3.8) is 0 Å². The van der Waals surface area contributed by atoms with Crippen molar-refractivity contribution in [2.75, 3.05) is 6.61 Å². The lowest BCUT2D eigenvalue weighted by Gasteiger charge is -2.08. The molecule has 1 N–H and O–H groups in total. The molecule has 0 radical (unpaired) electrons. The zero-order valence-electron chi connectivity index (χ0n) is 9.53. The highest BCUT2D eigenvalue weighted by atomic mass is 19.1. The fourth-order valence-corrected chi connectivity index (χ4v) is 1.47. The van der Waals surface area contributed by atoms with Crippen molar-refractivity contribution in [3.05, 3.63) is 35.4 Å². The number of rotatable bonds is 5. The van der Waals surface area contributed by atoms with E-state index in [1.807, 2.05) is 0 Å². The van der Waals surface area contributed by atoms with Crippen molar-refractivity contribution in [1.82, 2.24) is 0 Å². The van der Waals surface area contributed by atoms with Crippen molar-refractivity contribution in [2.45, 2.75) is 12.8 Å². The number of ether oxygens (including phenoxy) is 1. The maximum atomic E-state index is 13.6. The Labute approximate surface area is 103 Å². The molecule has 1 aliphatic carbocycles. The molecule has 0 bridgehead atoms. The van der Waals surface area contributed by atoms with Crippen LogP contribution in [0.2, 0.25) is 0 Å². The van der Waals surface area contributed by atoms with Gasteiger partial charge >= 0.3 is 5.97 Å². The molecule has 5 heteroatoms. The molecular formula is C13H12F2O3. The van der Waals surface area contributed by atoms with Gasteiger partial charge in [-0.05, 0) is 42.5 Å². The lowest BCUT2D eigenvalue weighted by molar-refractivity contribution is -0.131. The van der Waals surface area contributed by atoms with Crippen LogP contribution in [0.3, 0.4) is 0 Å². The Balaban J connectivity index is 2.14. The van der Waals surface area contributed by atoms with Crippen LogP contribution in [0.4, 0.5) is 8.78 Å². The van der Waals surface area contributed by atoms with E-state index in [1.165, 1.54) is 0 Å². The Bertz CT molecular complexity index is 470. The predicted octanol–water partition coefficient (Wildman–Crippen LogP) is 2.85. The minimum Gasteiger partial charge on any atom is -0.487 e. The monoisotopic (exact) mass is 254 g/mol. The van der Waals surface area contributed by atoms with Gasteiger partial charge in [-0.25, -0.2) is 13.6 Å². The number of carboxylic acids is 1. The second kappa shape index (κ2) is 5.16. The summed E-state index contributed by atoms with van der Waals surface area (Å²) < 4.78 is 32.2. The second-order valence-corrected chi connectivity index (χ2v) is 4.24. The Kier molecular flexibility index (Phi) is 3.60. The molecule has 1 aromatic carbocycles. The van der Waals surface area contributed by atoms with E-state index in [0.29, 0.717) is 12.5 Å². The molecule has 0 amide bonds. The van der Waals surface area contributed by atoms with Crippen LogP contribution in [0.5, 0.6) is 5.75 Å². The Morgan fingerprint density at radius 3 is 2.50 bits per heavy atom. The van der Waals surface area contributed by atoms with Gasteiger partial charge < -0.3 is 9.84 Å². The third-order valence-corrected chi connectivity index (χ3v) is 2.60. The molecule has 2 rings (SSSR count). The molecule has 0 heterocycles.